The molecule has 4 rings (SSSR count). The van der Waals surface area contributed by atoms with Crippen molar-refractivity contribution in [2.75, 3.05) is 13.2 Å². The minimum absolute atomic E-state index is 0.164. The fourth-order valence-electron chi connectivity index (χ4n) is 4.13. The van der Waals surface area contributed by atoms with E-state index in [0.29, 0.717) is 18.7 Å². The Morgan fingerprint density at radius 1 is 0.857 bits per heavy atom. The maximum absolute atomic E-state index is 13.0. The topological polar surface area (TPSA) is 56.2 Å². The van der Waals surface area contributed by atoms with Gasteiger partial charge in [0.1, 0.15) is 17.4 Å². The van der Waals surface area contributed by atoms with E-state index in [0.717, 1.165) is 62.2 Å². The van der Waals surface area contributed by atoms with Crippen LogP contribution >= 0.6 is 0 Å². The average molecular weight is 474 g/mol. The molecule has 0 atom stereocenters. The number of carbonyl (C=O) groups excluding carboxylic acids is 1. The average Bonchev–Trinajstić information content (AvgIpc) is 3.24. The van der Waals surface area contributed by atoms with Gasteiger partial charge in [-0.15, -0.1) is 0 Å². The zero-order valence-electron chi connectivity index (χ0n) is 20.0. The van der Waals surface area contributed by atoms with E-state index in [2.05, 4.69) is 28.1 Å². The van der Waals surface area contributed by atoms with Crippen LogP contribution in [0.3, 0.4) is 0 Å². The monoisotopic (exact) mass is 473 g/mol. The number of rotatable bonds is 13. The van der Waals surface area contributed by atoms with Gasteiger partial charge in [0.15, 0.2) is 0 Å². The van der Waals surface area contributed by atoms with Gasteiger partial charge in [0.05, 0.1) is 17.6 Å². The molecule has 6 heteroatoms. The highest BCUT2D eigenvalue weighted by Crippen LogP contribution is 2.19. The molecule has 0 saturated heterocycles. The molecule has 0 aliphatic carbocycles. The summed E-state index contributed by atoms with van der Waals surface area (Å²) in [5.74, 6) is 1.52. The van der Waals surface area contributed by atoms with Crippen molar-refractivity contribution in [3.8, 4) is 5.75 Å². The van der Waals surface area contributed by atoms with Crippen LogP contribution in [-0.2, 0) is 13.0 Å². The van der Waals surface area contributed by atoms with Crippen molar-refractivity contribution in [1.29, 1.82) is 0 Å². The predicted octanol–water partition coefficient (Wildman–Crippen LogP) is 6.18. The SMILES string of the molecule is O=C(NCCCCCc1nc2ccccc2n1CCCCOc1ccccc1)c1ccc(F)cc1. The number of imidazole rings is 1. The van der Waals surface area contributed by atoms with Crippen molar-refractivity contribution in [2.24, 2.45) is 0 Å². The van der Waals surface area contributed by atoms with E-state index in [-0.39, 0.29) is 11.7 Å². The van der Waals surface area contributed by atoms with Gasteiger partial charge in [-0.3, -0.25) is 4.79 Å². The highest BCUT2D eigenvalue weighted by molar-refractivity contribution is 5.94. The lowest BCUT2D eigenvalue weighted by atomic mass is 10.1. The maximum atomic E-state index is 13.0. The second kappa shape index (κ2) is 12.7. The summed E-state index contributed by atoms with van der Waals surface area (Å²) in [6.07, 6.45) is 5.81. The van der Waals surface area contributed by atoms with Crippen LogP contribution in [0.4, 0.5) is 4.39 Å². The standard InChI is InChI=1S/C29H32FN3O2/c30-24-18-16-23(17-19-24)29(34)31-20-8-2-5-15-28-32-26-13-6-7-14-27(26)33(28)21-9-10-22-35-25-11-3-1-4-12-25/h1,3-4,6-7,11-14,16-19H,2,5,8-10,15,20-22H2,(H,31,34). The first-order valence-electron chi connectivity index (χ1n) is 12.4. The van der Waals surface area contributed by atoms with Gasteiger partial charge in [-0.2, -0.15) is 0 Å². The second-order valence-corrected chi connectivity index (χ2v) is 8.61. The first-order chi connectivity index (χ1) is 17.2. The maximum Gasteiger partial charge on any atom is 0.251 e. The second-order valence-electron chi connectivity index (χ2n) is 8.61. The number of fused-ring (bicyclic) bond motifs is 1. The van der Waals surface area contributed by atoms with E-state index in [1.54, 1.807) is 0 Å². The molecule has 0 saturated carbocycles. The number of ether oxygens (including phenoxy) is 1. The minimum atomic E-state index is -0.340. The summed E-state index contributed by atoms with van der Waals surface area (Å²) in [6.45, 7) is 2.23. The number of amides is 1. The number of hydrogen-bond donors (Lipinski definition) is 1. The van der Waals surface area contributed by atoms with E-state index in [9.17, 15) is 9.18 Å². The molecule has 0 bridgehead atoms. The fourth-order valence-corrected chi connectivity index (χ4v) is 4.13. The van der Waals surface area contributed by atoms with Crippen LogP contribution in [0.5, 0.6) is 5.75 Å². The summed E-state index contributed by atoms with van der Waals surface area (Å²) in [5, 5.41) is 2.91. The molecule has 182 valence electrons. The van der Waals surface area contributed by atoms with Crippen LogP contribution in [0.15, 0.2) is 78.9 Å². The lowest BCUT2D eigenvalue weighted by Crippen LogP contribution is -2.24. The first-order valence-corrected chi connectivity index (χ1v) is 12.4. The van der Waals surface area contributed by atoms with Crippen LogP contribution in [-0.4, -0.2) is 28.6 Å². The molecule has 1 heterocycles. The zero-order chi connectivity index (χ0) is 24.3. The summed E-state index contributed by atoms with van der Waals surface area (Å²) in [5.41, 5.74) is 2.70. The van der Waals surface area contributed by atoms with Crippen molar-refractivity contribution in [2.45, 2.75) is 45.1 Å². The Morgan fingerprint density at radius 3 is 2.46 bits per heavy atom. The van der Waals surface area contributed by atoms with Gasteiger partial charge in [-0.05, 0) is 74.2 Å². The number of aromatic nitrogens is 2. The van der Waals surface area contributed by atoms with E-state index in [4.69, 9.17) is 9.72 Å². The highest BCUT2D eigenvalue weighted by Gasteiger charge is 2.10. The third-order valence-electron chi connectivity index (χ3n) is 5.99. The number of halogens is 1. The zero-order valence-corrected chi connectivity index (χ0v) is 20.0. The van der Waals surface area contributed by atoms with Gasteiger partial charge in [0.2, 0.25) is 0 Å². The largest absolute Gasteiger partial charge is 0.494 e. The quantitative estimate of drug-likeness (QED) is 0.236. The summed E-state index contributed by atoms with van der Waals surface area (Å²) in [4.78, 5) is 17.0. The minimum Gasteiger partial charge on any atom is -0.494 e. The van der Waals surface area contributed by atoms with Crippen molar-refractivity contribution in [1.82, 2.24) is 14.9 Å². The molecular weight excluding hydrogens is 441 g/mol. The smallest absolute Gasteiger partial charge is 0.251 e. The van der Waals surface area contributed by atoms with Crippen LogP contribution < -0.4 is 10.1 Å². The Morgan fingerprint density at radius 2 is 1.63 bits per heavy atom. The highest BCUT2D eigenvalue weighted by atomic mass is 19.1. The molecule has 1 aromatic heterocycles. The summed E-state index contributed by atoms with van der Waals surface area (Å²) < 4.78 is 21.2. The lowest BCUT2D eigenvalue weighted by Gasteiger charge is -2.10. The number of hydrogen-bond acceptors (Lipinski definition) is 3. The van der Waals surface area contributed by atoms with Crippen molar-refractivity contribution < 1.29 is 13.9 Å². The Kier molecular flexibility index (Phi) is 8.87. The number of carbonyl (C=O) groups is 1. The van der Waals surface area contributed by atoms with E-state index < -0.39 is 0 Å². The number of aryl methyl sites for hydroxylation is 2. The molecule has 0 fully saturated rings. The van der Waals surface area contributed by atoms with Crippen molar-refractivity contribution >= 4 is 16.9 Å². The van der Waals surface area contributed by atoms with Gasteiger partial charge in [-0.25, -0.2) is 9.37 Å². The summed E-state index contributed by atoms with van der Waals surface area (Å²) >= 11 is 0. The molecule has 0 aliphatic rings. The van der Waals surface area contributed by atoms with Crippen LogP contribution in [0.25, 0.3) is 11.0 Å². The van der Waals surface area contributed by atoms with E-state index >= 15 is 0 Å². The van der Waals surface area contributed by atoms with E-state index in [1.807, 2.05) is 36.4 Å². The van der Waals surface area contributed by atoms with Crippen LogP contribution in [0.2, 0.25) is 0 Å². The number of nitrogens with zero attached hydrogens (tertiary/aromatic N) is 2. The van der Waals surface area contributed by atoms with E-state index in [1.165, 1.54) is 29.8 Å². The third kappa shape index (κ3) is 7.15. The molecule has 0 radical (unpaired) electrons. The molecule has 0 spiro atoms. The van der Waals surface area contributed by atoms with Gasteiger partial charge >= 0.3 is 0 Å². The number of nitrogens with one attached hydrogen (secondary N) is 1. The molecule has 4 aromatic rings. The number of benzene rings is 3. The molecule has 1 N–H and O–H groups in total. The van der Waals surface area contributed by atoms with Crippen LogP contribution in [0, 0.1) is 5.82 Å². The molecular formula is C29H32FN3O2. The van der Waals surface area contributed by atoms with Crippen LogP contribution in [0.1, 0.15) is 48.3 Å². The molecule has 35 heavy (non-hydrogen) atoms. The van der Waals surface area contributed by atoms with Crippen molar-refractivity contribution in [3.05, 3.63) is 96.1 Å². The predicted molar refractivity (Wildman–Crippen MR) is 137 cm³/mol. The number of unbranched alkanes of at least 4 members (excludes halogenated alkanes) is 3. The van der Waals surface area contributed by atoms with Gasteiger partial charge in [0.25, 0.3) is 5.91 Å². The Labute approximate surface area is 206 Å². The van der Waals surface area contributed by atoms with Gasteiger partial charge in [0, 0.05) is 25.1 Å². The fraction of sp³-hybridized carbons (Fsp3) is 0.310. The molecule has 1 amide bonds. The normalized spacial score (nSPS) is 11.0. The Bertz CT molecular complexity index is 1210. The summed E-state index contributed by atoms with van der Waals surface area (Å²) in [7, 11) is 0. The van der Waals surface area contributed by atoms with Gasteiger partial charge < -0.3 is 14.6 Å². The molecule has 3 aromatic carbocycles. The summed E-state index contributed by atoms with van der Waals surface area (Å²) in [6, 6.07) is 23.8. The molecule has 0 unspecified atom stereocenters. The van der Waals surface area contributed by atoms with Crippen molar-refractivity contribution in [3.63, 3.8) is 0 Å². The number of para-hydroxylation sites is 3. The lowest BCUT2D eigenvalue weighted by molar-refractivity contribution is 0.0953. The Balaban J connectivity index is 1.21. The third-order valence-corrected chi connectivity index (χ3v) is 5.99. The first kappa shape index (κ1) is 24.5. The molecule has 5 nitrogen and oxygen atoms in total. The molecule has 0 aliphatic heterocycles. The van der Waals surface area contributed by atoms with Gasteiger partial charge in [-0.1, -0.05) is 36.8 Å². The Hall–Kier alpha value is -3.67.